The number of nitrogens with zero attached hydrogens (tertiary/aromatic N) is 1. The summed E-state index contributed by atoms with van der Waals surface area (Å²) >= 11 is 0. The van der Waals surface area contributed by atoms with Crippen LogP contribution in [-0.2, 0) is 52.3 Å². The maximum atomic E-state index is 11.9. The molecule has 0 spiro atoms. The molecule has 49 heavy (non-hydrogen) atoms. The third kappa shape index (κ3) is 18.5. The minimum absolute atomic E-state index is 0.0509. The summed E-state index contributed by atoms with van der Waals surface area (Å²) in [6, 6.07) is 0. The Morgan fingerprint density at radius 1 is 0.633 bits per heavy atom. The number of carbonyl (C=O) groups is 4. The number of hydrogen-bond acceptors (Lipinski definition) is 12. The van der Waals surface area contributed by atoms with E-state index in [1.165, 1.54) is 12.2 Å². The highest BCUT2D eigenvalue weighted by Gasteiger charge is 2.49. The Balaban J connectivity index is 0.931. The molecule has 0 aromatic heterocycles. The van der Waals surface area contributed by atoms with Gasteiger partial charge in [-0.05, 0) is 30.6 Å². The average molecular weight is 696 g/mol. The van der Waals surface area contributed by atoms with E-state index in [4.69, 9.17) is 37.9 Å². The molecular weight excluding hydrogens is 642 g/mol. The molecule has 1 unspecified atom stereocenters. The maximum absolute atomic E-state index is 11.9. The van der Waals surface area contributed by atoms with Gasteiger partial charge in [0.2, 0.25) is 5.91 Å². The lowest BCUT2D eigenvalue weighted by Gasteiger charge is -2.13. The molecule has 1 fully saturated rings. The molecule has 1 heterocycles. The van der Waals surface area contributed by atoms with Crippen LogP contribution in [-0.4, -0.2) is 147 Å². The minimum Gasteiger partial charge on any atom is -0.449 e. The molecule has 0 saturated heterocycles. The number of ether oxygens (including phenoxy) is 8. The van der Waals surface area contributed by atoms with E-state index in [0.717, 1.165) is 30.6 Å². The molecule has 0 aromatic carbocycles. The first kappa shape index (κ1) is 40.3. The monoisotopic (exact) mass is 695 g/mol. The predicted molar refractivity (Wildman–Crippen MR) is 175 cm³/mol. The van der Waals surface area contributed by atoms with Crippen molar-refractivity contribution in [3.05, 3.63) is 12.2 Å². The highest BCUT2D eigenvalue weighted by atomic mass is 16.6. The zero-order chi connectivity index (χ0) is 34.8. The lowest BCUT2D eigenvalue weighted by molar-refractivity contribution is -0.137. The zero-order valence-corrected chi connectivity index (χ0v) is 28.5. The van der Waals surface area contributed by atoms with Crippen molar-refractivity contribution in [2.24, 2.45) is 17.8 Å². The topological polar surface area (TPSA) is 169 Å². The van der Waals surface area contributed by atoms with Gasteiger partial charge in [-0.25, -0.2) is 4.79 Å². The van der Waals surface area contributed by atoms with E-state index in [1.807, 2.05) is 0 Å². The van der Waals surface area contributed by atoms with Crippen LogP contribution in [0.3, 0.4) is 0 Å². The van der Waals surface area contributed by atoms with Crippen LogP contribution in [0.25, 0.3) is 0 Å². The van der Waals surface area contributed by atoms with Crippen molar-refractivity contribution in [3.8, 4) is 11.8 Å². The van der Waals surface area contributed by atoms with Gasteiger partial charge in [0.1, 0.15) is 0 Å². The second kappa shape index (κ2) is 25.8. The summed E-state index contributed by atoms with van der Waals surface area (Å²) in [6.45, 7) is 7.28. The number of fused-ring (bicyclic) bond motifs is 1. The SMILES string of the molecule is O=C(CCN1C(=O)C=CC1=O)NCCOCCOCCOCCOCCOCCOCCOCCNC(=O)OCC1[C@H]2CCC#CCC[C@@H]12. The number of amides is 4. The fourth-order valence-corrected chi connectivity index (χ4v) is 5.37. The van der Waals surface area contributed by atoms with Crippen LogP contribution >= 0.6 is 0 Å². The van der Waals surface area contributed by atoms with Gasteiger partial charge in [0.25, 0.3) is 11.8 Å². The van der Waals surface area contributed by atoms with Crippen LogP contribution in [0.2, 0.25) is 0 Å². The van der Waals surface area contributed by atoms with E-state index in [9.17, 15) is 19.2 Å². The van der Waals surface area contributed by atoms with Crippen molar-refractivity contribution < 1.29 is 57.1 Å². The number of hydrogen-bond donors (Lipinski definition) is 2. The Bertz CT molecular complexity index is 1040. The molecule has 3 aliphatic rings. The second-order valence-electron chi connectivity index (χ2n) is 11.5. The lowest BCUT2D eigenvalue weighted by atomic mass is 10.1. The second-order valence-corrected chi connectivity index (χ2v) is 11.5. The molecule has 276 valence electrons. The average Bonchev–Trinajstić information content (AvgIpc) is 3.62. The molecular formula is C34H53N3O12. The molecule has 1 saturated carbocycles. The Morgan fingerprint density at radius 2 is 1.04 bits per heavy atom. The number of imide groups is 1. The molecule has 1 aliphatic heterocycles. The minimum atomic E-state index is -0.398. The zero-order valence-electron chi connectivity index (χ0n) is 28.5. The van der Waals surface area contributed by atoms with E-state index in [1.54, 1.807) is 0 Å². The molecule has 2 N–H and O–H groups in total. The number of nitrogens with one attached hydrogen (secondary N) is 2. The summed E-state index contributed by atoms with van der Waals surface area (Å²) in [6.07, 6.45) is 6.19. The van der Waals surface area contributed by atoms with Gasteiger partial charge in [-0.1, -0.05) is 0 Å². The van der Waals surface area contributed by atoms with Crippen molar-refractivity contribution >= 4 is 23.8 Å². The van der Waals surface area contributed by atoms with Crippen LogP contribution in [0.5, 0.6) is 0 Å². The van der Waals surface area contributed by atoms with E-state index in [2.05, 4.69) is 22.5 Å². The molecule has 4 amide bonds. The maximum Gasteiger partial charge on any atom is 0.407 e. The first-order valence-corrected chi connectivity index (χ1v) is 17.3. The molecule has 3 rings (SSSR count). The van der Waals surface area contributed by atoms with Gasteiger partial charge >= 0.3 is 6.09 Å². The molecule has 0 radical (unpaired) electrons. The Labute approximate surface area is 288 Å². The smallest absolute Gasteiger partial charge is 0.407 e. The first-order chi connectivity index (χ1) is 24.1. The quantitative estimate of drug-likeness (QED) is 0.0640. The van der Waals surface area contributed by atoms with E-state index in [0.29, 0.717) is 130 Å². The fraction of sp³-hybridized carbons (Fsp3) is 0.765. The Morgan fingerprint density at radius 3 is 1.49 bits per heavy atom. The molecule has 2 aliphatic carbocycles. The number of carbonyl (C=O) groups excluding carboxylic acids is 4. The summed E-state index contributed by atoms with van der Waals surface area (Å²) in [5, 5.41) is 5.40. The van der Waals surface area contributed by atoms with Crippen LogP contribution in [0, 0.1) is 29.6 Å². The third-order valence-electron chi connectivity index (χ3n) is 8.03. The van der Waals surface area contributed by atoms with E-state index < -0.39 is 17.9 Å². The Kier molecular flexibility index (Phi) is 21.2. The molecule has 15 heteroatoms. The molecule has 15 nitrogen and oxygen atoms in total. The van der Waals surface area contributed by atoms with E-state index in [-0.39, 0.29) is 18.9 Å². The van der Waals surface area contributed by atoms with Crippen molar-refractivity contribution in [1.82, 2.24) is 15.5 Å². The van der Waals surface area contributed by atoms with Crippen LogP contribution < -0.4 is 10.6 Å². The standard InChI is InChI=1S/C34H53N3O12/c38-31(9-12-37-32(39)7-8-33(37)40)35-10-13-42-15-17-44-19-21-46-23-25-48-26-24-47-22-20-45-18-16-43-14-11-36-34(41)49-27-30-28-5-3-1-2-4-6-29(28)30/h7-8,28-30H,3-6,9-27H2,(H,35,38)(H,36,41)/t28-,29+,30?. The van der Waals surface area contributed by atoms with Gasteiger partial charge in [0.15, 0.2) is 0 Å². The van der Waals surface area contributed by atoms with Crippen LogP contribution in [0.4, 0.5) is 4.79 Å². The summed E-state index contributed by atoms with van der Waals surface area (Å²) in [4.78, 5) is 47.6. The van der Waals surface area contributed by atoms with Crippen molar-refractivity contribution in [1.29, 1.82) is 0 Å². The van der Waals surface area contributed by atoms with Gasteiger partial charge in [0.05, 0.1) is 99.1 Å². The number of alkyl carbamates (subject to hydrolysis) is 1. The highest BCUT2D eigenvalue weighted by Crippen LogP contribution is 2.52. The first-order valence-electron chi connectivity index (χ1n) is 17.3. The van der Waals surface area contributed by atoms with Gasteiger partial charge in [-0.15, -0.1) is 11.8 Å². The Hall–Kier alpha value is -3.10. The highest BCUT2D eigenvalue weighted by molar-refractivity contribution is 6.13. The summed E-state index contributed by atoms with van der Waals surface area (Å²) < 4.78 is 43.5. The van der Waals surface area contributed by atoms with Crippen LogP contribution in [0.1, 0.15) is 32.1 Å². The summed E-state index contributed by atoms with van der Waals surface area (Å²) in [5.41, 5.74) is 0. The molecule has 0 aromatic rings. The van der Waals surface area contributed by atoms with Crippen molar-refractivity contribution in [2.45, 2.75) is 32.1 Å². The van der Waals surface area contributed by atoms with Gasteiger partial charge in [0, 0.05) is 51.0 Å². The summed E-state index contributed by atoms with van der Waals surface area (Å²) in [5.74, 6) is 7.15. The normalized spacial score (nSPS) is 19.5. The third-order valence-corrected chi connectivity index (χ3v) is 8.03. The number of rotatable bonds is 29. The van der Waals surface area contributed by atoms with Crippen molar-refractivity contribution in [3.63, 3.8) is 0 Å². The molecule has 3 atom stereocenters. The van der Waals surface area contributed by atoms with E-state index >= 15 is 0 Å². The lowest BCUT2D eigenvalue weighted by Crippen LogP contribution is -2.35. The van der Waals surface area contributed by atoms with Crippen molar-refractivity contribution in [2.75, 3.05) is 119 Å². The fourth-order valence-electron chi connectivity index (χ4n) is 5.37. The van der Waals surface area contributed by atoms with Crippen LogP contribution in [0.15, 0.2) is 12.2 Å². The predicted octanol–water partition coefficient (Wildman–Crippen LogP) is 0.700. The largest absolute Gasteiger partial charge is 0.449 e. The molecule has 0 bridgehead atoms. The summed E-state index contributed by atoms with van der Waals surface area (Å²) in [7, 11) is 0. The van der Waals surface area contributed by atoms with Gasteiger partial charge in [-0.2, -0.15) is 0 Å². The van der Waals surface area contributed by atoms with Gasteiger partial charge < -0.3 is 48.5 Å². The van der Waals surface area contributed by atoms with Gasteiger partial charge in [-0.3, -0.25) is 19.3 Å².